The van der Waals surface area contributed by atoms with Gasteiger partial charge in [0.05, 0.1) is 16.7 Å². The van der Waals surface area contributed by atoms with Gasteiger partial charge >= 0.3 is 18.5 Å². The van der Waals surface area contributed by atoms with E-state index in [1.165, 1.54) is 23.1 Å². The second-order valence-corrected chi connectivity index (χ2v) is 9.89. The number of carbonyl (C=O) groups excluding carboxylic acids is 2. The quantitative estimate of drug-likeness (QED) is 0.455. The molecule has 0 unspecified atom stereocenters. The molecule has 1 fully saturated rings. The van der Waals surface area contributed by atoms with Gasteiger partial charge in [0.15, 0.2) is 0 Å². The van der Waals surface area contributed by atoms with Crippen LogP contribution in [0, 0.1) is 0 Å². The molecule has 0 bridgehead atoms. The molecular weight excluding hydrogens is 544 g/mol. The average Bonchev–Trinajstić information content (AvgIpc) is 3.25. The van der Waals surface area contributed by atoms with Crippen molar-refractivity contribution in [3.8, 4) is 6.08 Å². The first-order valence-corrected chi connectivity index (χ1v) is 11.9. The molecular formula is C22H25Cl2F3N4O6. The van der Waals surface area contributed by atoms with Gasteiger partial charge in [-0.2, -0.15) is 0 Å². The summed E-state index contributed by atoms with van der Waals surface area (Å²) in [5.74, 6) is -0.396. The molecule has 10 nitrogen and oxygen atoms in total. The zero-order chi connectivity index (χ0) is 27.4. The number of ether oxygens (including phenoxy) is 3. The summed E-state index contributed by atoms with van der Waals surface area (Å²) in [6.07, 6.45) is -5.09. The Hall–Kier alpha value is -2.77. The van der Waals surface area contributed by atoms with E-state index in [9.17, 15) is 22.8 Å². The third kappa shape index (κ3) is 8.64. The van der Waals surface area contributed by atoms with Crippen LogP contribution in [-0.2, 0) is 9.47 Å². The topological polar surface area (TPSA) is 116 Å². The molecule has 37 heavy (non-hydrogen) atoms. The summed E-state index contributed by atoms with van der Waals surface area (Å²) in [5.41, 5.74) is -0.507. The Bertz CT molecular complexity index is 1110. The zero-order valence-electron chi connectivity index (χ0n) is 20.1. The number of likely N-dealkylation sites (tertiary alicyclic amines) is 1. The zero-order valence-corrected chi connectivity index (χ0v) is 21.6. The number of carbonyl (C=O) groups is 2. The molecule has 1 saturated heterocycles. The summed E-state index contributed by atoms with van der Waals surface area (Å²) < 4.78 is 55.8. The van der Waals surface area contributed by atoms with Crippen molar-refractivity contribution in [3.05, 3.63) is 39.7 Å². The number of nitrogens with one attached hydrogen (secondary N) is 1. The molecule has 2 amide bonds. The van der Waals surface area contributed by atoms with Gasteiger partial charge in [-0.05, 0) is 51.8 Å². The predicted molar refractivity (Wildman–Crippen MR) is 124 cm³/mol. The van der Waals surface area contributed by atoms with E-state index in [2.05, 4.69) is 20.3 Å². The van der Waals surface area contributed by atoms with Crippen LogP contribution in [0.15, 0.2) is 22.6 Å². The van der Waals surface area contributed by atoms with E-state index >= 15 is 0 Å². The van der Waals surface area contributed by atoms with Crippen LogP contribution in [0.25, 0.3) is 0 Å². The lowest BCUT2D eigenvalue weighted by Crippen LogP contribution is -2.52. The monoisotopic (exact) mass is 568 g/mol. The van der Waals surface area contributed by atoms with Gasteiger partial charge in [0.2, 0.25) is 5.89 Å². The molecule has 2 aromatic rings. The highest BCUT2D eigenvalue weighted by Crippen LogP contribution is 2.33. The molecule has 0 aliphatic carbocycles. The smallest absolute Gasteiger partial charge is 0.447 e. The fraction of sp³-hybridized carbons (Fsp3) is 0.545. The number of benzene rings is 1. The number of piperidine rings is 1. The van der Waals surface area contributed by atoms with E-state index in [0.717, 1.165) is 0 Å². The highest BCUT2D eigenvalue weighted by Gasteiger charge is 2.39. The molecule has 0 radical (unpaired) electrons. The van der Waals surface area contributed by atoms with Gasteiger partial charge in [-0.25, -0.2) is 4.79 Å². The third-order valence-electron chi connectivity index (χ3n) is 5.01. The SMILES string of the molecule is CC(C)(C)OC(=O)N1C[C@@H](NC(=O)c2ccc(Cl)c(Cl)c2)CC[C@@H]1c1nnc(OCCOC(F)(F)F)o1. The van der Waals surface area contributed by atoms with E-state index in [4.69, 9.17) is 37.1 Å². The van der Waals surface area contributed by atoms with Crippen LogP contribution < -0.4 is 10.1 Å². The van der Waals surface area contributed by atoms with E-state index < -0.39 is 49.3 Å². The van der Waals surface area contributed by atoms with E-state index in [1.807, 2.05) is 0 Å². The minimum Gasteiger partial charge on any atom is -0.447 e. The van der Waals surface area contributed by atoms with Crippen molar-refractivity contribution in [1.29, 1.82) is 0 Å². The van der Waals surface area contributed by atoms with Crippen molar-refractivity contribution < 1.29 is 41.4 Å². The number of alkyl halides is 3. The van der Waals surface area contributed by atoms with E-state index in [1.54, 1.807) is 20.8 Å². The lowest BCUT2D eigenvalue weighted by atomic mass is 9.98. The number of amides is 2. The molecule has 204 valence electrons. The lowest BCUT2D eigenvalue weighted by molar-refractivity contribution is -0.325. The van der Waals surface area contributed by atoms with E-state index in [-0.39, 0.29) is 23.5 Å². The minimum atomic E-state index is -4.79. The maximum Gasteiger partial charge on any atom is 0.522 e. The molecule has 15 heteroatoms. The molecule has 1 aromatic heterocycles. The summed E-state index contributed by atoms with van der Waals surface area (Å²) >= 11 is 11.9. The first-order chi connectivity index (χ1) is 17.2. The molecule has 1 aromatic carbocycles. The summed E-state index contributed by atoms with van der Waals surface area (Å²) in [5, 5.41) is 11.0. The van der Waals surface area contributed by atoms with Crippen molar-refractivity contribution in [2.24, 2.45) is 0 Å². The Labute approximate surface area is 220 Å². The number of aromatic nitrogens is 2. The maximum absolute atomic E-state index is 13.0. The van der Waals surface area contributed by atoms with Crippen molar-refractivity contribution in [1.82, 2.24) is 20.4 Å². The molecule has 1 N–H and O–H groups in total. The number of hydrogen-bond donors (Lipinski definition) is 1. The van der Waals surface area contributed by atoms with Crippen LogP contribution in [0.4, 0.5) is 18.0 Å². The Balaban J connectivity index is 1.69. The summed E-state index contributed by atoms with van der Waals surface area (Å²) in [6, 6.07) is 3.32. The highest BCUT2D eigenvalue weighted by molar-refractivity contribution is 6.42. The second-order valence-electron chi connectivity index (χ2n) is 9.07. The van der Waals surface area contributed by atoms with Gasteiger partial charge in [0, 0.05) is 18.2 Å². The molecule has 3 rings (SSSR count). The predicted octanol–water partition coefficient (Wildman–Crippen LogP) is 5.16. The van der Waals surface area contributed by atoms with Crippen molar-refractivity contribution in [2.75, 3.05) is 19.8 Å². The second kappa shape index (κ2) is 11.7. The Morgan fingerprint density at radius 3 is 2.51 bits per heavy atom. The third-order valence-corrected chi connectivity index (χ3v) is 5.75. The molecule has 1 aliphatic heterocycles. The van der Waals surface area contributed by atoms with Crippen LogP contribution in [0.1, 0.15) is 55.9 Å². The molecule has 2 heterocycles. The highest BCUT2D eigenvalue weighted by atomic mass is 35.5. The molecule has 0 spiro atoms. The van der Waals surface area contributed by atoms with Crippen LogP contribution in [-0.4, -0.2) is 64.9 Å². The van der Waals surface area contributed by atoms with Gasteiger partial charge < -0.3 is 19.2 Å². The molecule has 2 atom stereocenters. The van der Waals surface area contributed by atoms with Crippen LogP contribution in [0.5, 0.6) is 6.08 Å². The number of nitrogens with zero attached hydrogens (tertiary/aromatic N) is 3. The van der Waals surface area contributed by atoms with Gasteiger partial charge in [-0.3, -0.25) is 14.4 Å². The normalized spacial score (nSPS) is 18.4. The van der Waals surface area contributed by atoms with E-state index in [0.29, 0.717) is 23.4 Å². The average molecular weight is 569 g/mol. The fourth-order valence-electron chi connectivity index (χ4n) is 3.47. The first kappa shape index (κ1) is 28.8. The van der Waals surface area contributed by atoms with Crippen molar-refractivity contribution in [3.63, 3.8) is 0 Å². The van der Waals surface area contributed by atoms with Gasteiger partial charge in [0.1, 0.15) is 18.2 Å². The number of rotatable bonds is 7. The van der Waals surface area contributed by atoms with Crippen LogP contribution >= 0.6 is 23.2 Å². The molecule has 1 aliphatic rings. The van der Waals surface area contributed by atoms with Crippen molar-refractivity contribution in [2.45, 2.75) is 57.7 Å². The van der Waals surface area contributed by atoms with Crippen LogP contribution in [0.3, 0.4) is 0 Å². The molecule has 0 saturated carbocycles. The first-order valence-electron chi connectivity index (χ1n) is 11.1. The summed E-state index contributed by atoms with van der Waals surface area (Å²) in [7, 11) is 0. The Morgan fingerprint density at radius 2 is 1.86 bits per heavy atom. The van der Waals surface area contributed by atoms with Gasteiger partial charge in [-0.1, -0.05) is 28.3 Å². The lowest BCUT2D eigenvalue weighted by Gasteiger charge is -2.38. The number of halogens is 5. The van der Waals surface area contributed by atoms with Gasteiger partial charge in [-0.15, -0.1) is 18.3 Å². The van der Waals surface area contributed by atoms with Crippen molar-refractivity contribution >= 4 is 35.2 Å². The fourth-order valence-corrected chi connectivity index (χ4v) is 3.77. The minimum absolute atomic E-state index is 0.00635. The standard InChI is InChI=1S/C22H25Cl2F3N4O6/c1-21(2,3)37-20(33)31-11-13(28-17(32)12-4-6-14(23)15(24)10-12)5-7-16(31)18-29-30-19(36-18)34-8-9-35-22(25,26)27/h4,6,10,13,16H,5,7-9,11H2,1-3H3,(H,28,32)/t13-,16+/m0/s1. The largest absolute Gasteiger partial charge is 0.522 e. The maximum atomic E-state index is 13.0. The number of hydrogen-bond acceptors (Lipinski definition) is 8. The van der Waals surface area contributed by atoms with Gasteiger partial charge in [0.25, 0.3) is 5.91 Å². The summed E-state index contributed by atoms with van der Waals surface area (Å²) in [4.78, 5) is 27.1. The van der Waals surface area contributed by atoms with Crippen LogP contribution in [0.2, 0.25) is 10.0 Å². The Morgan fingerprint density at radius 1 is 1.14 bits per heavy atom. The Kier molecular flexibility index (Phi) is 9.13. The summed E-state index contributed by atoms with van der Waals surface area (Å²) in [6.45, 7) is 3.92.